The van der Waals surface area contributed by atoms with Gasteiger partial charge >= 0.3 is 0 Å². The minimum atomic E-state index is -0.793. The second kappa shape index (κ2) is 7.53. The van der Waals surface area contributed by atoms with E-state index in [1.54, 1.807) is 48.7 Å². The van der Waals surface area contributed by atoms with Gasteiger partial charge in [-0.15, -0.1) is 0 Å². The molecule has 0 radical (unpaired) electrons. The number of para-hydroxylation sites is 1. The van der Waals surface area contributed by atoms with Gasteiger partial charge < -0.3 is 13.9 Å². The van der Waals surface area contributed by atoms with E-state index in [1.165, 1.54) is 19.1 Å². The van der Waals surface area contributed by atoms with Crippen LogP contribution in [0.5, 0.6) is 11.5 Å². The van der Waals surface area contributed by atoms with Crippen LogP contribution < -0.4 is 19.8 Å². The Labute approximate surface area is 183 Å². The summed E-state index contributed by atoms with van der Waals surface area (Å²) < 4.78 is 17.1. The first-order chi connectivity index (χ1) is 15.5. The Hall–Kier alpha value is -4.13. The molecule has 1 aliphatic heterocycles. The van der Waals surface area contributed by atoms with E-state index in [4.69, 9.17) is 13.9 Å². The van der Waals surface area contributed by atoms with Crippen molar-refractivity contribution < 1.29 is 18.7 Å². The average molecular weight is 428 g/mol. The molecule has 1 atom stereocenters. The summed E-state index contributed by atoms with van der Waals surface area (Å²) in [5.74, 6) is 0.900. The average Bonchev–Trinajstić information content (AvgIpc) is 3.11. The van der Waals surface area contributed by atoms with Gasteiger partial charge in [0, 0.05) is 11.8 Å². The van der Waals surface area contributed by atoms with Crippen molar-refractivity contribution in [3.8, 4) is 11.5 Å². The zero-order chi connectivity index (χ0) is 22.4. The van der Waals surface area contributed by atoms with E-state index >= 15 is 0 Å². The van der Waals surface area contributed by atoms with Crippen molar-refractivity contribution in [3.63, 3.8) is 0 Å². The molecule has 0 spiro atoms. The summed E-state index contributed by atoms with van der Waals surface area (Å²) in [4.78, 5) is 33.1. The van der Waals surface area contributed by atoms with Crippen LogP contribution in [0, 0.1) is 6.92 Å². The smallest absolute Gasteiger partial charge is 0.296 e. The lowest BCUT2D eigenvalue weighted by molar-refractivity contribution is 0.0970. The summed E-state index contributed by atoms with van der Waals surface area (Å²) in [5.41, 5.74) is 1.89. The van der Waals surface area contributed by atoms with Gasteiger partial charge in [-0.1, -0.05) is 29.8 Å². The summed E-state index contributed by atoms with van der Waals surface area (Å²) in [7, 11) is 3.06. The zero-order valence-corrected chi connectivity index (χ0v) is 17.8. The number of rotatable bonds is 4. The van der Waals surface area contributed by atoms with Crippen LogP contribution in [-0.4, -0.2) is 25.1 Å². The molecule has 32 heavy (non-hydrogen) atoms. The number of aromatic nitrogens is 1. The van der Waals surface area contributed by atoms with Crippen molar-refractivity contribution in [2.75, 3.05) is 19.1 Å². The third-order valence-electron chi connectivity index (χ3n) is 5.65. The third-order valence-corrected chi connectivity index (χ3v) is 5.65. The molecule has 4 aromatic rings. The third kappa shape index (κ3) is 2.85. The summed E-state index contributed by atoms with van der Waals surface area (Å²) >= 11 is 0. The number of anilines is 1. The first kappa shape index (κ1) is 19.8. The molecule has 0 saturated carbocycles. The maximum absolute atomic E-state index is 13.7. The van der Waals surface area contributed by atoms with Crippen molar-refractivity contribution in [1.29, 1.82) is 0 Å². The van der Waals surface area contributed by atoms with Crippen LogP contribution in [0.1, 0.15) is 33.3 Å². The largest absolute Gasteiger partial charge is 0.493 e. The number of carbonyl (C=O) groups excluding carboxylic acids is 1. The topological polar surface area (TPSA) is 81.9 Å². The van der Waals surface area contributed by atoms with E-state index in [0.29, 0.717) is 33.8 Å². The van der Waals surface area contributed by atoms with E-state index in [1.807, 2.05) is 19.1 Å². The molecule has 2 aromatic carbocycles. The van der Waals surface area contributed by atoms with Crippen LogP contribution in [0.4, 0.5) is 5.82 Å². The van der Waals surface area contributed by atoms with Crippen LogP contribution in [0.2, 0.25) is 0 Å². The molecule has 0 bridgehead atoms. The molecule has 5 rings (SSSR count). The van der Waals surface area contributed by atoms with Crippen LogP contribution in [-0.2, 0) is 0 Å². The molecule has 7 heteroatoms. The van der Waals surface area contributed by atoms with Crippen molar-refractivity contribution in [1.82, 2.24) is 4.98 Å². The van der Waals surface area contributed by atoms with Gasteiger partial charge in [0.15, 0.2) is 16.9 Å². The van der Waals surface area contributed by atoms with Gasteiger partial charge in [0.1, 0.15) is 17.4 Å². The molecule has 0 fully saturated rings. The number of hydrogen-bond donors (Lipinski definition) is 0. The number of carbonyl (C=O) groups is 1. The second-order valence-corrected chi connectivity index (χ2v) is 7.52. The van der Waals surface area contributed by atoms with Gasteiger partial charge in [0.25, 0.3) is 5.91 Å². The van der Waals surface area contributed by atoms with Gasteiger partial charge in [-0.3, -0.25) is 14.5 Å². The number of hydrogen-bond acceptors (Lipinski definition) is 6. The molecule has 0 saturated heterocycles. The Morgan fingerprint density at radius 2 is 1.84 bits per heavy atom. The zero-order valence-electron chi connectivity index (χ0n) is 17.8. The fourth-order valence-corrected chi connectivity index (χ4v) is 4.24. The van der Waals surface area contributed by atoms with E-state index < -0.39 is 11.9 Å². The Morgan fingerprint density at radius 3 is 2.56 bits per heavy atom. The van der Waals surface area contributed by atoms with Crippen molar-refractivity contribution in [3.05, 3.63) is 93.5 Å². The van der Waals surface area contributed by atoms with E-state index in [2.05, 4.69) is 4.98 Å². The van der Waals surface area contributed by atoms with E-state index in [-0.39, 0.29) is 16.8 Å². The van der Waals surface area contributed by atoms with Crippen molar-refractivity contribution in [2.45, 2.75) is 13.0 Å². The molecule has 0 unspecified atom stereocenters. The number of pyridine rings is 1. The Morgan fingerprint density at radius 1 is 1.00 bits per heavy atom. The molecule has 0 N–H and O–H groups in total. The first-order valence-electron chi connectivity index (χ1n) is 10.1. The monoisotopic (exact) mass is 428 g/mol. The molecule has 1 aliphatic rings. The predicted octanol–water partition coefficient (Wildman–Crippen LogP) is 4.26. The minimum Gasteiger partial charge on any atom is -0.493 e. The molecule has 1 amide bonds. The highest BCUT2D eigenvalue weighted by Crippen LogP contribution is 2.45. The maximum atomic E-state index is 13.7. The number of fused-ring (bicyclic) bond motifs is 2. The lowest BCUT2D eigenvalue weighted by Crippen LogP contribution is -2.30. The molecular formula is C25H20N2O5. The predicted molar refractivity (Wildman–Crippen MR) is 120 cm³/mol. The van der Waals surface area contributed by atoms with Crippen LogP contribution in [0.25, 0.3) is 11.0 Å². The Bertz CT molecular complexity index is 1410. The molecule has 3 heterocycles. The molecule has 0 aliphatic carbocycles. The maximum Gasteiger partial charge on any atom is 0.296 e. The second-order valence-electron chi connectivity index (χ2n) is 7.52. The fourth-order valence-electron chi connectivity index (χ4n) is 4.24. The van der Waals surface area contributed by atoms with E-state index in [0.717, 1.165) is 5.56 Å². The number of methoxy groups -OCH3 is 2. The van der Waals surface area contributed by atoms with E-state index in [9.17, 15) is 9.59 Å². The van der Waals surface area contributed by atoms with Gasteiger partial charge in [0.05, 0.1) is 25.2 Å². The quantitative estimate of drug-likeness (QED) is 0.483. The summed E-state index contributed by atoms with van der Waals surface area (Å²) in [6.07, 6.45) is 1.60. The summed E-state index contributed by atoms with van der Waals surface area (Å²) in [6, 6.07) is 15.2. The van der Waals surface area contributed by atoms with Gasteiger partial charge in [-0.05, 0) is 37.3 Å². The first-order valence-corrected chi connectivity index (χ1v) is 10.1. The number of aryl methyl sites for hydroxylation is 1. The Kier molecular flexibility index (Phi) is 4.66. The molecular weight excluding hydrogens is 408 g/mol. The number of ether oxygens (including phenoxy) is 2. The normalized spacial score (nSPS) is 15.2. The van der Waals surface area contributed by atoms with Crippen LogP contribution >= 0.6 is 0 Å². The highest BCUT2D eigenvalue weighted by atomic mass is 16.5. The van der Waals surface area contributed by atoms with Gasteiger partial charge in [0.2, 0.25) is 5.76 Å². The lowest BCUT2D eigenvalue weighted by Gasteiger charge is -2.26. The minimum absolute atomic E-state index is 0.00637. The van der Waals surface area contributed by atoms with Crippen LogP contribution in [0.15, 0.2) is 70.0 Å². The SMILES string of the molecule is COc1cccc([C@H]2c3c(oc4ccc(C)cc4c3=O)C(=O)N2c2ccccn2)c1OC. The number of benzene rings is 2. The lowest BCUT2D eigenvalue weighted by atomic mass is 9.97. The van der Waals surface area contributed by atoms with Crippen LogP contribution in [0.3, 0.4) is 0 Å². The standard InChI is InChI=1S/C25H20N2O5/c1-14-10-11-17-16(13-14)22(28)20-21(15-7-6-8-18(30-2)23(15)31-3)27(25(29)24(20)32-17)19-9-4-5-12-26-19/h4-13,21H,1-3H3/t21-/m0/s1. The molecule has 7 nitrogen and oxygen atoms in total. The summed E-state index contributed by atoms with van der Waals surface area (Å²) in [6.45, 7) is 1.90. The highest BCUT2D eigenvalue weighted by Gasteiger charge is 2.45. The number of nitrogens with zero attached hydrogens (tertiary/aromatic N) is 2. The number of amides is 1. The van der Waals surface area contributed by atoms with Crippen molar-refractivity contribution >= 4 is 22.7 Å². The van der Waals surface area contributed by atoms with Crippen molar-refractivity contribution in [2.24, 2.45) is 0 Å². The highest BCUT2D eigenvalue weighted by molar-refractivity contribution is 6.10. The summed E-state index contributed by atoms with van der Waals surface area (Å²) in [5, 5.41) is 0.422. The van der Waals surface area contributed by atoms with Gasteiger partial charge in [-0.2, -0.15) is 0 Å². The fraction of sp³-hybridized carbons (Fsp3) is 0.160. The molecule has 160 valence electrons. The molecule has 2 aromatic heterocycles. The Balaban J connectivity index is 1.87. The van der Waals surface area contributed by atoms with Gasteiger partial charge in [-0.25, -0.2) is 4.98 Å².